The van der Waals surface area contributed by atoms with E-state index < -0.39 is 6.10 Å². The van der Waals surface area contributed by atoms with Crippen molar-refractivity contribution in [2.24, 2.45) is 5.92 Å². The zero-order chi connectivity index (χ0) is 15.8. The second kappa shape index (κ2) is 9.16. The number of pyridine rings is 1. The Morgan fingerprint density at radius 1 is 1.45 bits per heavy atom. The second-order valence-electron chi connectivity index (χ2n) is 6.06. The summed E-state index contributed by atoms with van der Waals surface area (Å²) in [7, 11) is 0. The Bertz CT molecular complexity index is 473. The number of thioether (sulfide) groups is 1. The highest BCUT2D eigenvalue weighted by Gasteiger charge is 2.17. The molecule has 22 heavy (non-hydrogen) atoms. The number of nitrogens with zero attached hydrogens (tertiary/aromatic N) is 1. The fourth-order valence-electron chi connectivity index (χ4n) is 2.72. The average Bonchev–Trinajstić information content (AvgIpc) is 2.54. The van der Waals surface area contributed by atoms with Crippen LogP contribution in [0, 0.1) is 5.92 Å². The van der Waals surface area contributed by atoms with Crippen LogP contribution in [0.2, 0.25) is 0 Å². The number of aromatic nitrogens is 1. The number of hydrogen-bond donors (Lipinski definition) is 2. The first-order valence-electron chi connectivity index (χ1n) is 8.21. The molecule has 122 valence electrons. The summed E-state index contributed by atoms with van der Waals surface area (Å²) in [6.45, 7) is 2.21. The molecule has 1 atom stereocenters. The first-order chi connectivity index (χ1) is 10.7. The lowest BCUT2D eigenvalue weighted by molar-refractivity contribution is 0.0942. The zero-order valence-corrected chi connectivity index (χ0v) is 14.1. The van der Waals surface area contributed by atoms with E-state index in [1.807, 2.05) is 6.07 Å². The smallest absolute Gasteiger partial charge is 0.254 e. The third-order valence-electron chi connectivity index (χ3n) is 4.04. The standard InChI is InChI=1S/C17H26N2O2S/c1-13(20)9-11-18-16(21)15-8-5-10-19-17(15)22-12-14-6-3-2-4-7-14/h5,8,10,13-14,20H,2-4,6-7,9,11-12H2,1H3,(H,18,21). The molecule has 0 aromatic carbocycles. The number of carbonyl (C=O) groups excluding carboxylic acids is 1. The number of nitrogens with one attached hydrogen (secondary N) is 1. The third-order valence-corrected chi connectivity index (χ3v) is 5.28. The van der Waals surface area contributed by atoms with Crippen LogP contribution >= 0.6 is 11.8 Å². The van der Waals surface area contributed by atoms with Crippen molar-refractivity contribution >= 4 is 17.7 Å². The Hall–Kier alpha value is -1.07. The molecule has 1 aromatic heterocycles. The van der Waals surface area contributed by atoms with Gasteiger partial charge in [0.25, 0.3) is 5.91 Å². The van der Waals surface area contributed by atoms with Gasteiger partial charge in [-0.3, -0.25) is 4.79 Å². The highest BCUT2D eigenvalue weighted by Crippen LogP contribution is 2.30. The molecule has 5 heteroatoms. The number of aliphatic hydroxyl groups excluding tert-OH is 1. The zero-order valence-electron chi connectivity index (χ0n) is 13.3. The molecule has 2 rings (SSSR count). The van der Waals surface area contributed by atoms with Crippen LogP contribution in [0.4, 0.5) is 0 Å². The third kappa shape index (κ3) is 5.61. The lowest BCUT2D eigenvalue weighted by Crippen LogP contribution is -2.27. The maximum absolute atomic E-state index is 12.3. The summed E-state index contributed by atoms with van der Waals surface area (Å²) in [4.78, 5) is 16.6. The number of hydrogen-bond acceptors (Lipinski definition) is 4. The molecule has 0 aliphatic heterocycles. The van der Waals surface area contributed by atoms with Crippen molar-refractivity contribution in [3.05, 3.63) is 23.9 Å². The molecular formula is C17H26N2O2S. The van der Waals surface area contributed by atoms with Gasteiger partial charge in [0.2, 0.25) is 0 Å². The van der Waals surface area contributed by atoms with E-state index in [4.69, 9.17) is 0 Å². The van der Waals surface area contributed by atoms with E-state index in [-0.39, 0.29) is 5.91 Å². The van der Waals surface area contributed by atoms with Crippen LogP contribution in [-0.4, -0.2) is 34.4 Å². The second-order valence-corrected chi connectivity index (χ2v) is 7.07. The van der Waals surface area contributed by atoms with E-state index in [0.29, 0.717) is 18.5 Å². The quantitative estimate of drug-likeness (QED) is 0.757. The van der Waals surface area contributed by atoms with E-state index in [0.717, 1.165) is 16.7 Å². The summed E-state index contributed by atoms with van der Waals surface area (Å²) >= 11 is 1.70. The Balaban J connectivity index is 1.89. The SMILES string of the molecule is CC(O)CCNC(=O)c1cccnc1SCC1CCCCC1. The summed E-state index contributed by atoms with van der Waals surface area (Å²) in [5.74, 6) is 1.71. The molecule has 0 saturated heterocycles. The van der Waals surface area contributed by atoms with E-state index in [1.165, 1.54) is 32.1 Å². The number of rotatable bonds is 7. The van der Waals surface area contributed by atoms with Gasteiger partial charge in [-0.2, -0.15) is 0 Å². The van der Waals surface area contributed by atoms with Crippen molar-refractivity contribution in [1.29, 1.82) is 0 Å². The minimum atomic E-state index is -0.394. The fourth-order valence-corrected chi connectivity index (χ4v) is 3.90. The Morgan fingerprint density at radius 3 is 2.95 bits per heavy atom. The topological polar surface area (TPSA) is 62.2 Å². The summed E-state index contributed by atoms with van der Waals surface area (Å²) in [6, 6.07) is 3.63. The van der Waals surface area contributed by atoms with E-state index in [2.05, 4.69) is 10.3 Å². The molecule has 4 nitrogen and oxygen atoms in total. The van der Waals surface area contributed by atoms with Gasteiger partial charge in [0.1, 0.15) is 5.03 Å². The molecule has 1 unspecified atom stereocenters. The summed E-state index contributed by atoms with van der Waals surface area (Å²) in [5.41, 5.74) is 0.647. The minimum Gasteiger partial charge on any atom is -0.393 e. The molecule has 0 radical (unpaired) electrons. The molecule has 1 aliphatic rings. The van der Waals surface area contributed by atoms with E-state index in [9.17, 15) is 9.90 Å². The first kappa shape index (κ1) is 17.3. The largest absolute Gasteiger partial charge is 0.393 e. The minimum absolute atomic E-state index is 0.0973. The van der Waals surface area contributed by atoms with Gasteiger partial charge in [-0.25, -0.2) is 4.98 Å². The van der Waals surface area contributed by atoms with Crippen LogP contribution < -0.4 is 5.32 Å². The molecular weight excluding hydrogens is 296 g/mol. The van der Waals surface area contributed by atoms with Gasteiger partial charge < -0.3 is 10.4 Å². The van der Waals surface area contributed by atoms with Crippen LogP contribution in [0.15, 0.2) is 23.4 Å². The number of carbonyl (C=O) groups is 1. The van der Waals surface area contributed by atoms with Gasteiger partial charge in [-0.15, -0.1) is 11.8 Å². The molecule has 2 N–H and O–H groups in total. The number of amides is 1. The maximum Gasteiger partial charge on any atom is 0.254 e. The van der Waals surface area contributed by atoms with Gasteiger partial charge in [-0.1, -0.05) is 19.3 Å². The fraction of sp³-hybridized carbons (Fsp3) is 0.647. The van der Waals surface area contributed by atoms with Crippen LogP contribution in [0.5, 0.6) is 0 Å². The maximum atomic E-state index is 12.3. The molecule has 0 spiro atoms. The van der Waals surface area contributed by atoms with Crippen molar-refractivity contribution in [3.8, 4) is 0 Å². The Labute approximate surface area is 137 Å². The highest BCUT2D eigenvalue weighted by molar-refractivity contribution is 7.99. The van der Waals surface area contributed by atoms with Gasteiger partial charge in [0.15, 0.2) is 0 Å². The van der Waals surface area contributed by atoms with Crippen molar-refractivity contribution in [2.75, 3.05) is 12.3 Å². The first-order valence-corrected chi connectivity index (χ1v) is 9.19. The molecule has 1 aromatic rings. The summed E-state index contributed by atoms with van der Waals surface area (Å²) in [6.07, 6.45) is 8.55. The normalized spacial score (nSPS) is 17.2. The Morgan fingerprint density at radius 2 is 2.23 bits per heavy atom. The van der Waals surface area contributed by atoms with Gasteiger partial charge in [-0.05, 0) is 44.2 Å². The molecule has 1 saturated carbocycles. The predicted octanol–water partition coefficient (Wildman–Crippen LogP) is 3.25. The van der Waals surface area contributed by atoms with Crippen molar-refractivity contribution in [2.45, 2.75) is 56.6 Å². The van der Waals surface area contributed by atoms with Gasteiger partial charge in [0, 0.05) is 18.5 Å². The average molecular weight is 322 g/mol. The summed E-state index contributed by atoms with van der Waals surface area (Å²) < 4.78 is 0. The molecule has 1 heterocycles. The highest BCUT2D eigenvalue weighted by atomic mass is 32.2. The van der Waals surface area contributed by atoms with Crippen LogP contribution in [0.25, 0.3) is 0 Å². The summed E-state index contributed by atoms with van der Waals surface area (Å²) in [5, 5.41) is 12.9. The number of aliphatic hydroxyl groups is 1. The van der Waals surface area contributed by atoms with Gasteiger partial charge in [0.05, 0.1) is 11.7 Å². The van der Waals surface area contributed by atoms with Crippen molar-refractivity contribution in [1.82, 2.24) is 10.3 Å². The van der Waals surface area contributed by atoms with E-state index in [1.54, 1.807) is 30.9 Å². The molecule has 1 amide bonds. The lowest BCUT2D eigenvalue weighted by Gasteiger charge is -2.21. The van der Waals surface area contributed by atoms with Gasteiger partial charge >= 0.3 is 0 Å². The molecule has 1 aliphatic carbocycles. The van der Waals surface area contributed by atoms with Crippen molar-refractivity contribution in [3.63, 3.8) is 0 Å². The predicted molar refractivity (Wildman–Crippen MR) is 90.2 cm³/mol. The van der Waals surface area contributed by atoms with Crippen LogP contribution in [-0.2, 0) is 0 Å². The van der Waals surface area contributed by atoms with Crippen LogP contribution in [0.3, 0.4) is 0 Å². The lowest BCUT2D eigenvalue weighted by atomic mass is 9.91. The Kier molecular flexibility index (Phi) is 7.19. The molecule has 0 bridgehead atoms. The monoisotopic (exact) mass is 322 g/mol. The van der Waals surface area contributed by atoms with Crippen LogP contribution in [0.1, 0.15) is 55.8 Å². The van der Waals surface area contributed by atoms with Crippen molar-refractivity contribution < 1.29 is 9.90 Å². The van der Waals surface area contributed by atoms with E-state index >= 15 is 0 Å². The molecule has 1 fully saturated rings.